The molecule has 0 bridgehead atoms. The number of anilines is 1. The number of nitrogens with one attached hydrogen (secondary N) is 2. The minimum absolute atomic E-state index is 0.108. The van der Waals surface area contributed by atoms with Crippen molar-refractivity contribution in [2.24, 2.45) is 0 Å². The molecule has 2 aromatic carbocycles. The average molecular weight is 327 g/mol. The third-order valence-corrected chi connectivity index (χ3v) is 3.64. The monoisotopic (exact) mass is 327 g/mol. The number of hydrogen-bond acceptors (Lipinski definition) is 2. The van der Waals surface area contributed by atoms with Crippen molar-refractivity contribution in [3.05, 3.63) is 70.9 Å². The predicted molar refractivity (Wildman–Crippen MR) is 87.8 cm³/mol. The zero-order chi connectivity index (χ0) is 17.3. The minimum atomic E-state index is -0.808. The smallest absolute Gasteiger partial charge is 0.257 e. The van der Waals surface area contributed by atoms with Crippen molar-refractivity contribution in [3.8, 4) is 11.1 Å². The molecule has 0 fully saturated rings. The lowest BCUT2D eigenvalue weighted by Gasteiger charge is -2.07. The SMILES string of the molecule is Cc1ccc(-c2c(NC(=O)c3cc(F)cc(F)c3)n[nH]c2C)cc1. The predicted octanol–water partition coefficient (Wildman–Crippen LogP) is 4.22. The summed E-state index contributed by atoms with van der Waals surface area (Å²) >= 11 is 0. The zero-order valence-corrected chi connectivity index (χ0v) is 13.2. The Kier molecular flexibility index (Phi) is 4.12. The van der Waals surface area contributed by atoms with Crippen LogP contribution in [-0.2, 0) is 0 Å². The van der Waals surface area contributed by atoms with Crippen molar-refractivity contribution >= 4 is 11.7 Å². The van der Waals surface area contributed by atoms with Crippen LogP contribution in [0.4, 0.5) is 14.6 Å². The van der Waals surface area contributed by atoms with E-state index >= 15 is 0 Å². The minimum Gasteiger partial charge on any atom is -0.305 e. The van der Waals surface area contributed by atoms with Crippen LogP contribution in [0.3, 0.4) is 0 Å². The summed E-state index contributed by atoms with van der Waals surface area (Å²) in [6, 6.07) is 10.4. The summed E-state index contributed by atoms with van der Waals surface area (Å²) in [7, 11) is 0. The topological polar surface area (TPSA) is 57.8 Å². The number of benzene rings is 2. The number of carbonyl (C=O) groups excluding carboxylic acids is 1. The van der Waals surface area contributed by atoms with E-state index in [9.17, 15) is 13.6 Å². The summed E-state index contributed by atoms with van der Waals surface area (Å²) in [6.07, 6.45) is 0. The first-order valence-electron chi connectivity index (χ1n) is 7.33. The van der Waals surface area contributed by atoms with Crippen LogP contribution in [0, 0.1) is 25.5 Å². The first kappa shape index (κ1) is 15.9. The summed E-state index contributed by atoms with van der Waals surface area (Å²) in [5.41, 5.74) is 3.40. The number of aromatic nitrogens is 2. The van der Waals surface area contributed by atoms with E-state index in [0.717, 1.165) is 34.5 Å². The standard InChI is InChI=1S/C18H15F2N3O/c1-10-3-5-12(6-4-10)16-11(2)22-23-17(16)21-18(24)13-7-14(19)9-15(20)8-13/h3-9H,1-2H3,(H2,21,22,23,24). The molecule has 0 aliphatic rings. The number of rotatable bonds is 3. The number of carbonyl (C=O) groups is 1. The van der Waals surface area contributed by atoms with Crippen molar-refractivity contribution in [2.45, 2.75) is 13.8 Å². The summed E-state index contributed by atoms with van der Waals surface area (Å²) in [5.74, 6) is -1.94. The maximum absolute atomic E-state index is 13.3. The van der Waals surface area contributed by atoms with Gasteiger partial charge in [-0.15, -0.1) is 0 Å². The Morgan fingerprint density at radius 2 is 1.67 bits per heavy atom. The van der Waals surface area contributed by atoms with Crippen LogP contribution < -0.4 is 5.32 Å². The molecule has 1 heterocycles. The van der Waals surface area contributed by atoms with Gasteiger partial charge < -0.3 is 5.32 Å². The molecule has 4 nitrogen and oxygen atoms in total. The Morgan fingerprint density at radius 1 is 1.04 bits per heavy atom. The van der Waals surface area contributed by atoms with Crippen LogP contribution in [0.1, 0.15) is 21.6 Å². The average Bonchev–Trinajstić information content (AvgIpc) is 2.88. The van der Waals surface area contributed by atoms with Crippen LogP contribution in [0.2, 0.25) is 0 Å². The van der Waals surface area contributed by atoms with Crippen LogP contribution in [-0.4, -0.2) is 16.1 Å². The van der Waals surface area contributed by atoms with Crippen molar-refractivity contribution < 1.29 is 13.6 Å². The molecule has 0 spiro atoms. The first-order chi connectivity index (χ1) is 11.4. The van der Waals surface area contributed by atoms with Gasteiger partial charge in [0.05, 0.1) is 0 Å². The molecular formula is C18H15F2N3O. The van der Waals surface area contributed by atoms with Gasteiger partial charge in [0, 0.05) is 22.9 Å². The van der Waals surface area contributed by atoms with E-state index in [0.29, 0.717) is 11.9 Å². The zero-order valence-electron chi connectivity index (χ0n) is 13.2. The van der Waals surface area contributed by atoms with E-state index in [4.69, 9.17) is 0 Å². The van der Waals surface area contributed by atoms with Crippen LogP contribution in [0.15, 0.2) is 42.5 Å². The second-order valence-electron chi connectivity index (χ2n) is 5.55. The molecule has 1 amide bonds. The molecule has 3 rings (SSSR count). The van der Waals surface area contributed by atoms with Crippen LogP contribution in [0.5, 0.6) is 0 Å². The molecule has 2 N–H and O–H groups in total. The molecule has 1 aromatic heterocycles. The molecular weight excluding hydrogens is 312 g/mol. The maximum atomic E-state index is 13.3. The molecule has 0 saturated heterocycles. The number of aromatic amines is 1. The van der Waals surface area contributed by atoms with Crippen molar-refractivity contribution in [2.75, 3.05) is 5.32 Å². The normalized spacial score (nSPS) is 10.7. The number of amides is 1. The Balaban J connectivity index is 1.93. The summed E-state index contributed by atoms with van der Waals surface area (Å²) < 4.78 is 26.5. The van der Waals surface area contributed by atoms with Gasteiger partial charge in [-0.1, -0.05) is 29.8 Å². The maximum Gasteiger partial charge on any atom is 0.257 e. The van der Waals surface area contributed by atoms with Gasteiger partial charge >= 0.3 is 0 Å². The molecule has 24 heavy (non-hydrogen) atoms. The van der Waals surface area contributed by atoms with Gasteiger partial charge in [0.1, 0.15) is 11.6 Å². The van der Waals surface area contributed by atoms with Gasteiger partial charge in [0.25, 0.3) is 5.91 Å². The molecule has 3 aromatic rings. The number of H-pyrrole nitrogens is 1. The van der Waals surface area contributed by atoms with Crippen molar-refractivity contribution in [1.82, 2.24) is 10.2 Å². The lowest BCUT2D eigenvalue weighted by molar-refractivity contribution is 0.102. The van der Waals surface area contributed by atoms with Gasteiger partial charge in [0.2, 0.25) is 0 Å². The Morgan fingerprint density at radius 3 is 2.29 bits per heavy atom. The quantitative estimate of drug-likeness (QED) is 0.756. The highest BCUT2D eigenvalue weighted by Crippen LogP contribution is 2.30. The molecule has 0 atom stereocenters. The third kappa shape index (κ3) is 3.17. The fraction of sp³-hybridized carbons (Fsp3) is 0.111. The Labute approximate surface area is 137 Å². The summed E-state index contributed by atoms with van der Waals surface area (Å²) in [5, 5.41) is 9.50. The van der Waals surface area contributed by atoms with E-state index in [1.54, 1.807) is 0 Å². The van der Waals surface area contributed by atoms with E-state index in [1.807, 2.05) is 38.1 Å². The van der Waals surface area contributed by atoms with Gasteiger partial charge in [0.15, 0.2) is 5.82 Å². The fourth-order valence-electron chi connectivity index (χ4n) is 2.46. The van der Waals surface area contributed by atoms with Gasteiger partial charge in [-0.25, -0.2) is 8.78 Å². The molecule has 6 heteroatoms. The largest absolute Gasteiger partial charge is 0.305 e. The van der Waals surface area contributed by atoms with E-state index < -0.39 is 17.5 Å². The number of nitrogens with zero attached hydrogens (tertiary/aromatic N) is 1. The van der Waals surface area contributed by atoms with Crippen molar-refractivity contribution in [3.63, 3.8) is 0 Å². The van der Waals surface area contributed by atoms with Crippen LogP contribution >= 0.6 is 0 Å². The fourth-order valence-corrected chi connectivity index (χ4v) is 2.46. The molecule has 0 saturated carbocycles. The highest BCUT2D eigenvalue weighted by atomic mass is 19.1. The lowest BCUT2D eigenvalue weighted by atomic mass is 10.0. The number of halogens is 2. The number of hydrogen-bond donors (Lipinski definition) is 2. The second-order valence-corrected chi connectivity index (χ2v) is 5.55. The second kappa shape index (κ2) is 6.23. The molecule has 0 aliphatic heterocycles. The van der Waals surface area contributed by atoms with Gasteiger partial charge in [-0.3, -0.25) is 9.89 Å². The molecule has 122 valence electrons. The lowest BCUT2D eigenvalue weighted by Crippen LogP contribution is -2.13. The number of aryl methyl sites for hydroxylation is 2. The van der Waals surface area contributed by atoms with Crippen LogP contribution in [0.25, 0.3) is 11.1 Å². The summed E-state index contributed by atoms with van der Waals surface area (Å²) in [4.78, 5) is 12.3. The van der Waals surface area contributed by atoms with Gasteiger partial charge in [-0.2, -0.15) is 5.10 Å². The highest BCUT2D eigenvalue weighted by molar-refractivity contribution is 6.05. The van der Waals surface area contributed by atoms with Gasteiger partial charge in [-0.05, 0) is 31.5 Å². The molecule has 0 unspecified atom stereocenters. The van der Waals surface area contributed by atoms with E-state index in [-0.39, 0.29) is 5.56 Å². The third-order valence-electron chi connectivity index (χ3n) is 3.64. The first-order valence-corrected chi connectivity index (χ1v) is 7.33. The van der Waals surface area contributed by atoms with Crippen molar-refractivity contribution in [1.29, 1.82) is 0 Å². The Bertz CT molecular complexity index is 881. The highest BCUT2D eigenvalue weighted by Gasteiger charge is 2.17. The molecule has 0 radical (unpaired) electrons. The van der Waals surface area contributed by atoms with E-state index in [2.05, 4.69) is 15.5 Å². The summed E-state index contributed by atoms with van der Waals surface area (Å²) in [6.45, 7) is 3.81. The Hall–Kier alpha value is -3.02. The van der Waals surface area contributed by atoms with E-state index in [1.165, 1.54) is 0 Å². The molecule has 0 aliphatic carbocycles.